The van der Waals surface area contributed by atoms with Crippen LogP contribution in [0, 0.1) is 19.8 Å². The van der Waals surface area contributed by atoms with Crippen molar-refractivity contribution < 1.29 is 17.9 Å². The topological polar surface area (TPSA) is 84.5 Å². The van der Waals surface area contributed by atoms with Gasteiger partial charge in [0.1, 0.15) is 10.6 Å². The molecule has 1 amide bonds. The third kappa shape index (κ3) is 5.84. The van der Waals surface area contributed by atoms with E-state index in [1.54, 1.807) is 12.1 Å². The van der Waals surface area contributed by atoms with Crippen molar-refractivity contribution in [2.75, 3.05) is 20.2 Å². The summed E-state index contributed by atoms with van der Waals surface area (Å²) in [5.74, 6) is 0.499. The van der Waals surface area contributed by atoms with Crippen molar-refractivity contribution in [3.63, 3.8) is 0 Å². The number of carbonyl (C=O) groups excluding carboxylic acids is 1. The number of ether oxygens (including phenoxy) is 1. The highest BCUT2D eigenvalue weighted by Crippen LogP contribution is 2.26. The monoisotopic (exact) mass is 342 g/mol. The second kappa shape index (κ2) is 8.31. The molecule has 0 bridgehead atoms. The van der Waals surface area contributed by atoms with E-state index in [9.17, 15) is 13.2 Å². The summed E-state index contributed by atoms with van der Waals surface area (Å²) in [6.45, 7) is 8.02. The Morgan fingerprint density at radius 3 is 2.35 bits per heavy atom. The van der Waals surface area contributed by atoms with E-state index in [4.69, 9.17) is 4.74 Å². The maximum atomic E-state index is 12.4. The minimum absolute atomic E-state index is 0.0806. The zero-order valence-corrected chi connectivity index (χ0v) is 15.2. The Kier molecular flexibility index (Phi) is 7.02. The molecule has 0 heterocycles. The third-order valence-corrected chi connectivity index (χ3v) is 4.88. The molecule has 6 nitrogen and oxygen atoms in total. The van der Waals surface area contributed by atoms with Crippen LogP contribution < -0.4 is 14.8 Å². The highest BCUT2D eigenvalue weighted by molar-refractivity contribution is 7.89. The van der Waals surface area contributed by atoms with Crippen LogP contribution in [0.25, 0.3) is 0 Å². The second-order valence-corrected chi connectivity index (χ2v) is 7.67. The Morgan fingerprint density at radius 1 is 1.17 bits per heavy atom. The summed E-state index contributed by atoms with van der Waals surface area (Å²) < 4.78 is 32.4. The van der Waals surface area contributed by atoms with Crippen LogP contribution in [0.5, 0.6) is 5.75 Å². The van der Waals surface area contributed by atoms with Gasteiger partial charge in [-0.2, -0.15) is 0 Å². The molecule has 0 radical (unpaired) electrons. The van der Waals surface area contributed by atoms with E-state index in [2.05, 4.69) is 10.0 Å². The molecule has 0 atom stereocenters. The lowest BCUT2D eigenvalue weighted by atomic mass is 10.1. The van der Waals surface area contributed by atoms with Crippen molar-refractivity contribution in [1.82, 2.24) is 10.0 Å². The summed E-state index contributed by atoms with van der Waals surface area (Å²) in [6.07, 6.45) is 0.428. The highest BCUT2D eigenvalue weighted by atomic mass is 32.2. The molecule has 0 aliphatic rings. The molecule has 0 aliphatic carbocycles. The molecular weight excluding hydrogens is 316 g/mol. The van der Waals surface area contributed by atoms with Gasteiger partial charge in [-0.1, -0.05) is 13.8 Å². The normalized spacial score (nSPS) is 11.6. The molecule has 0 saturated carbocycles. The van der Waals surface area contributed by atoms with Crippen molar-refractivity contribution in [1.29, 1.82) is 0 Å². The smallest absolute Gasteiger partial charge is 0.244 e. The van der Waals surface area contributed by atoms with E-state index in [1.165, 1.54) is 7.11 Å². The van der Waals surface area contributed by atoms with Gasteiger partial charge in [0, 0.05) is 19.5 Å². The molecule has 0 saturated heterocycles. The number of carbonyl (C=O) groups is 1. The van der Waals surface area contributed by atoms with Gasteiger partial charge in [0.15, 0.2) is 0 Å². The zero-order valence-electron chi connectivity index (χ0n) is 14.4. The van der Waals surface area contributed by atoms with Gasteiger partial charge in [0.2, 0.25) is 15.9 Å². The van der Waals surface area contributed by atoms with Gasteiger partial charge in [-0.15, -0.1) is 0 Å². The number of methoxy groups -OCH3 is 1. The van der Waals surface area contributed by atoms with Crippen molar-refractivity contribution in [2.24, 2.45) is 5.92 Å². The number of hydrogen-bond donors (Lipinski definition) is 2. The number of amides is 1. The van der Waals surface area contributed by atoms with E-state index in [0.717, 1.165) is 11.1 Å². The van der Waals surface area contributed by atoms with E-state index < -0.39 is 10.0 Å². The van der Waals surface area contributed by atoms with Gasteiger partial charge in [0.25, 0.3) is 0 Å². The summed E-state index contributed by atoms with van der Waals surface area (Å²) in [5.41, 5.74) is 1.83. The van der Waals surface area contributed by atoms with Crippen LogP contribution in [0.1, 0.15) is 31.4 Å². The first-order chi connectivity index (χ1) is 10.7. The molecule has 0 spiro atoms. The van der Waals surface area contributed by atoms with Crippen molar-refractivity contribution in [3.8, 4) is 5.75 Å². The Balaban J connectivity index is 2.70. The van der Waals surface area contributed by atoms with E-state index >= 15 is 0 Å². The maximum Gasteiger partial charge on any atom is 0.244 e. The standard InChI is InChI=1S/C16H26N2O4S/c1-11(2)8-16(19)17-6-7-18-23(20,21)15-10-13(4)12(3)9-14(15)22-5/h9-11,18H,6-8H2,1-5H3,(H,17,19). The average molecular weight is 342 g/mol. The van der Waals surface area contributed by atoms with E-state index in [0.29, 0.717) is 12.2 Å². The first-order valence-corrected chi connectivity index (χ1v) is 9.07. The molecule has 0 fully saturated rings. The number of rotatable bonds is 8. The number of sulfonamides is 1. The van der Waals surface area contributed by atoms with Gasteiger partial charge < -0.3 is 10.1 Å². The fourth-order valence-corrected chi connectivity index (χ4v) is 3.31. The highest BCUT2D eigenvalue weighted by Gasteiger charge is 2.20. The lowest BCUT2D eigenvalue weighted by Gasteiger charge is -2.13. The number of benzene rings is 1. The summed E-state index contributed by atoms with van der Waals surface area (Å²) in [6, 6.07) is 3.29. The molecule has 0 aromatic heterocycles. The largest absolute Gasteiger partial charge is 0.495 e. The first kappa shape index (κ1) is 19.4. The lowest BCUT2D eigenvalue weighted by Crippen LogP contribution is -2.35. The molecule has 2 N–H and O–H groups in total. The van der Waals surface area contributed by atoms with Gasteiger partial charge in [-0.3, -0.25) is 4.79 Å². The minimum atomic E-state index is -3.69. The van der Waals surface area contributed by atoms with Crippen molar-refractivity contribution >= 4 is 15.9 Å². The Morgan fingerprint density at radius 2 is 1.78 bits per heavy atom. The van der Waals surface area contributed by atoms with E-state index in [-0.39, 0.29) is 29.8 Å². The second-order valence-electron chi connectivity index (χ2n) is 5.93. The van der Waals surface area contributed by atoms with Gasteiger partial charge in [0.05, 0.1) is 7.11 Å². The number of hydrogen-bond acceptors (Lipinski definition) is 4. The first-order valence-electron chi connectivity index (χ1n) is 7.59. The fourth-order valence-electron chi connectivity index (χ4n) is 2.04. The van der Waals surface area contributed by atoms with Crippen LogP contribution in [-0.4, -0.2) is 34.5 Å². The molecule has 1 aromatic carbocycles. The zero-order chi connectivity index (χ0) is 17.6. The van der Waals surface area contributed by atoms with Gasteiger partial charge in [-0.25, -0.2) is 13.1 Å². The molecule has 23 heavy (non-hydrogen) atoms. The minimum Gasteiger partial charge on any atom is -0.495 e. The summed E-state index contributed by atoms with van der Waals surface area (Å²) in [7, 11) is -2.25. The Bertz CT molecular complexity index is 654. The van der Waals surface area contributed by atoms with Gasteiger partial charge >= 0.3 is 0 Å². The summed E-state index contributed by atoms with van der Waals surface area (Å²) in [5, 5.41) is 2.69. The lowest BCUT2D eigenvalue weighted by molar-refractivity contribution is -0.121. The molecule has 130 valence electrons. The Labute approximate surface area is 138 Å². The van der Waals surface area contributed by atoms with Gasteiger partial charge in [-0.05, 0) is 43.0 Å². The molecule has 1 aromatic rings. The van der Waals surface area contributed by atoms with Crippen LogP contribution in [0.15, 0.2) is 17.0 Å². The number of nitrogens with one attached hydrogen (secondary N) is 2. The summed E-state index contributed by atoms with van der Waals surface area (Å²) in [4.78, 5) is 11.6. The number of aryl methyl sites for hydroxylation is 2. The quantitative estimate of drug-likeness (QED) is 0.705. The predicted molar refractivity (Wildman–Crippen MR) is 90.1 cm³/mol. The predicted octanol–water partition coefficient (Wildman–Crippen LogP) is 1.75. The van der Waals surface area contributed by atoms with E-state index in [1.807, 2.05) is 27.7 Å². The van der Waals surface area contributed by atoms with Crippen LogP contribution in [0.3, 0.4) is 0 Å². The molecule has 7 heteroatoms. The molecular formula is C16H26N2O4S. The van der Waals surface area contributed by atoms with Crippen molar-refractivity contribution in [3.05, 3.63) is 23.3 Å². The average Bonchev–Trinajstić information content (AvgIpc) is 2.45. The maximum absolute atomic E-state index is 12.4. The van der Waals surface area contributed by atoms with Crippen molar-refractivity contribution in [2.45, 2.75) is 39.0 Å². The van der Waals surface area contributed by atoms with Crippen LogP contribution >= 0.6 is 0 Å². The van der Waals surface area contributed by atoms with Crippen LogP contribution in [0.4, 0.5) is 0 Å². The SMILES string of the molecule is COc1cc(C)c(C)cc1S(=O)(=O)NCCNC(=O)CC(C)C. The molecule has 1 rings (SSSR count). The molecule has 0 aliphatic heterocycles. The van der Waals surface area contributed by atoms with Crippen LogP contribution in [0.2, 0.25) is 0 Å². The van der Waals surface area contributed by atoms with Crippen LogP contribution in [-0.2, 0) is 14.8 Å². The Hall–Kier alpha value is -1.60. The summed E-state index contributed by atoms with van der Waals surface area (Å²) >= 11 is 0. The third-order valence-electron chi connectivity index (χ3n) is 3.40. The molecule has 0 unspecified atom stereocenters. The fraction of sp³-hybridized carbons (Fsp3) is 0.562.